The van der Waals surface area contributed by atoms with Crippen molar-refractivity contribution in [3.05, 3.63) is 27.7 Å². The molecule has 1 rings (SSSR count). The summed E-state index contributed by atoms with van der Waals surface area (Å²) in [6, 6.07) is 1.90. The van der Waals surface area contributed by atoms with Crippen LogP contribution < -0.4 is 5.73 Å². The van der Waals surface area contributed by atoms with Gasteiger partial charge in [-0.2, -0.15) is 0 Å². The number of carbonyl (C=O) groups is 1. The van der Waals surface area contributed by atoms with Gasteiger partial charge in [0.05, 0.1) is 12.6 Å². The highest BCUT2D eigenvalue weighted by atomic mass is 79.9. The fraction of sp³-hybridized carbons (Fsp3) is 0.222. The van der Waals surface area contributed by atoms with Crippen LogP contribution in [0.5, 0.6) is 5.75 Å². The third-order valence-corrected chi connectivity index (χ3v) is 2.65. The van der Waals surface area contributed by atoms with Crippen LogP contribution in [0.4, 0.5) is 0 Å². The van der Waals surface area contributed by atoms with Gasteiger partial charge in [0.15, 0.2) is 0 Å². The van der Waals surface area contributed by atoms with Crippen LogP contribution in [-0.4, -0.2) is 27.9 Å². The molecule has 0 unspecified atom stereocenters. The number of halogens is 2. The second-order valence-electron chi connectivity index (χ2n) is 2.95. The number of aliphatic hydroxyl groups is 1. The molecule has 0 heterocycles. The summed E-state index contributed by atoms with van der Waals surface area (Å²) < 4.78 is 0.464. The third-order valence-electron chi connectivity index (χ3n) is 1.96. The summed E-state index contributed by atoms with van der Waals surface area (Å²) in [7, 11) is 0. The molecule has 7 heteroatoms. The first kappa shape index (κ1) is 15.2. The van der Waals surface area contributed by atoms with Gasteiger partial charge in [-0.25, -0.2) is 4.79 Å². The smallest absolute Gasteiger partial charge is 0.339 e. The summed E-state index contributed by atoms with van der Waals surface area (Å²) in [6.45, 7) is -0.380. The lowest BCUT2D eigenvalue weighted by Gasteiger charge is -2.14. The highest BCUT2D eigenvalue weighted by Gasteiger charge is 2.20. The van der Waals surface area contributed by atoms with Crippen LogP contribution in [0, 0.1) is 0 Å². The fourth-order valence-electron chi connectivity index (χ4n) is 1.20. The van der Waals surface area contributed by atoms with Gasteiger partial charge in [-0.15, -0.1) is 12.4 Å². The number of nitrogens with two attached hydrogens (primary N) is 1. The van der Waals surface area contributed by atoms with E-state index in [9.17, 15) is 9.90 Å². The molecule has 0 fully saturated rings. The summed E-state index contributed by atoms with van der Waals surface area (Å²) in [5.74, 6) is -1.66. The highest BCUT2D eigenvalue weighted by Crippen LogP contribution is 2.33. The van der Waals surface area contributed by atoms with Gasteiger partial charge in [0.1, 0.15) is 11.3 Å². The molecule has 0 amide bonds. The lowest BCUT2D eigenvalue weighted by Crippen LogP contribution is -2.16. The van der Waals surface area contributed by atoms with E-state index in [4.69, 9.17) is 15.9 Å². The van der Waals surface area contributed by atoms with Crippen molar-refractivity contribution in [2.24, 2.45) is 5.73 Å². The molecule has 5 N–H and O–H groups in total. The van der Waals surface area contributed by atoms with Crippen molar-refractivity contribution >= 4 is 34.3 Å². The van der Waals surface area contributed by atoms with E-state index >= 15 is 0 Å². The zero-order valence-corrected chi connectivity index (χ0v) is 10.5. The van der Waals surface area contributed by atoms with Crippen LogP contribution in [0.3, 0.4) is 0 Å². The number of carboxylic acid groups (broad SMARTS) is 1. The molecule has 0 saturated heterocycles. The normalized spacial score (nSPS) is 11.7. The molecular formula is C9H11BrClNO4. The summed E-state index contributed by atoms with van der Waals surface area (Å²) >= 11 is 3.13. The second kappa shape index (κ2) is 6.05. The summed E-state index contributed by atoms with van der Waals surface area (Å²) in [4.78, 5) is 10.7. The molecule has 16 heavy (non-hydrogen) atoms. The predicted molar refractivity (Wildman–Crippen MR) is 64.0 cm³/mol. The van der Waals surface area contributed by atoms with Crippen molar-refractivity contribution in [1.82, 2.24) is 0 Å². The van der Waals surface area contributed by atoms with Crippen molar-refractivity contribution in [1.29, 1.82) is 0 Å². The maximum absolute atomic E-state index is 10.7. The van der Waals surface area contributed by atoms with Crippen molar-refractivity contribution < 1.29 is 20.1 Å². The fourth-order valence-corrected chi connectivity index (χ4v) is 1.81. The van der Waals surface area contributed by atoms with Crippen molar-refractivity contribution in [2.45, 2.75) is 6.04 Å². The number of aliphatic hydroxyl groups excluding tert-OH is 1. The standard InChI is InChI=1S/C9H10BrNO4.ClH/c10-5-2-1-4(9(14)15)8(13)7(5)6(11)3-12;/h1-2,6,12-13H,3,11H2,(H,14,15);1H/t6-;/m0./s1. The van der Waals surface area contributed by atoms with Crippen molar-refractivity contribution in [2.75, 3.05) is 6.61 Å². The van der Waals surface area contributed by atoms with E-state index in [-0.39, 0.29) is 30.1 Å². The van der Waals surface area contributed by atoms with Gasteiger partial charge < -0.3 is 21.1 Å². The quantitative estimate of drug-likeness (QED) is 0.673. The third kappa shape index (κ3) is 2.85. The number of rotatable bonds is 3. The number of aromatic hydroxyl groups is 1. The number of hydrogen-bond donors (Lipinski definition) is 4. The zero-order chi connectivity index (χ0) is 11.6. The number of aromatic carboxylic acids is 1. The van der Waals surface area contributed by atoms with Crippen LogP contribution in [0.1, 0.15) is 22.0 Å². The Morgan fingerprint density at radius 2 is 2.06 bits per heavy atom. The summed E-state index contributed by atoms with van der Waals surface area (Å²) in [5.41, 5.74) is 5.49. The maximum Gasteiger partial charge on any atom is 0.339 e. The Hall–Kier alpha value is -0.820. The molecule has 0 radical (unpaired) electrons. The van der Waals surface area contributed by atoms with Crippen molar-refractivity contribution in [3.63, 3.8) is 0 Å². The molecule has 0 aliphatic rings. The molecule has 0 saturated carbocycles. The van der Waals surface area contributed by atoms with Crippen LogP contribution >= 0.6 is 28.3 Å². The zero-order valence-electron chi connectivity index (χ0n) is 8.05. The van der Waals surface area contributed by atoms with Crippen LogP contribution in [0.25, 0.3) is 0 Å². The van der Waals surface area contributed by atoms with Gasteiger partial charge in [0.2, 0.25) is 0 Å². The minimum absolute atomic E-state index is 0. The van der Waals surface area contributed by atoms with Crippen LogP contribution in [0.2, 0.25) is 0 Å². The lowest BCUT2D eigenvalue weighted by atomic mass is 10.0. The Labute approximate surface area is 106 Å². The van der Waals surface area contributed by atoms with E-state index in [1.54, 1.807) is 0 Å². The van der Waals surface area contributed by atoms with Gasteiger partial charge in [-0.3, -0.25) is 0 Å². The first-order valence-electron chi connectivity index (χ1n) is 4.10. The highest BCUT2D eigenvalue weighted by molar-refractivity contribution is 9.10. The molecule has 0 spiro atoms. The van der Waals surface area contributed by atoms with E-state index in [2.05, 4.69) is 15.9 Å². The van der Waals surface area contributed by atoms with E-state index < -0.39 is 17.8 Å². The maximum atomic E-state index is 10.7. The van der Waals surface area contributed by atoms with Gasteiger partial charge in [-0.1, -0.05) is 15.9 Å². The molecule has 90 valence electrons. The first-order chi connectivity index (χ1) is 6.99. The van der Waals surface area contributed by atoms with Gasteiger partial charge >= 0.3 is 5.97 Å². The predicted octanol–water partition coefficient (Wildman–Crippen LogP) is 1.27. The van der Waals surface area contributed by atoms with E-state index in [0.717, 1.165) is 0 Å². The number of carboxylic acids is 1. The molecule has 0 aromatic heterocycles. The van der Waals surface area contributed by atoms with E-state index in [0.29, 0.717) is 4.47 Å². The summed E-state index contributed by atoms with van der Waals surface area (Å²) in [6.07, 6.45) is 0. The van der Waals surface area contributed by atoms with Gasteiger partial charge in [0.25, 0.3) is 0 Å². The molecule has 0 aliphatic heterocycles. The van der Waals surface area contributed by atoms with Gasteiger partial charge in [-0.05, 0) is 12.1 Å². The monoisotopic (exact) mass is 311 g/mol. The van der Waals surface area contributed by atoms with E-state index in [1.165, 1.54) is 12.1 Å². The topological polar surface area (TPSA) is 104 Å². The van der Waals surface area contributed by atoms with Gasteiger partial charge in [0, 0.05) is 10.0 Å². The largest absolute Gasteiger partial charge is 0.507 e. The Morgan fingerprint density at radius 3 is 2.50 bits per heavy atom. The number of phenols is 1. The average Bonchev–Trinajstić information content (AvgIpc) is 2.16. The molecule has 1 atom stereocenters. The van der Waals surface area contributed by atoms with Crippen molar-refractivity contribution in [3.8, 4) is 5.75 Å². The molecule has 1 aromatic rings. The van der Waals surface area contributed by atoms with Crippen LogP contribution in [0.15, 0.2) is 16.6 Å². The minimum Gasteiger partial charge on any atom is -0.507 e. The van der Waals surface area contributed by atoms with E-state index in [1.807, 2.05) is 0 Å². The Morgan fingerprint density at radius 1 is 1.50 bits per heavy atom. The number of benzene rings is 1. The summed E-state index contributed by atoms with van der Waals surface area (Å²) in [5, 5.41) is 27.3. The molecule has 0 bridgehead atoms. The minimum atomic E-state index is -1.24. The Balaban J connectivity index is 0.00000225. The SMILES string of the molecule is Cl.N[C@@H](CO)c1c(Br)ccc(C(=O)O)c1O. The average molecular weight is 313 g/mol. The molecular weight excluding hydrogens is 301 g/mol. The van der Waals surface area contributed by atoms with Crippen LogP contribution in [-0.2, 0) is 0 Å². The first-order valence-corrected chi connectivity index (χ1v) is 4.89. The molecule has 0 aliphatic carbocycles. The molecule has 1 aromatic carbocycles. The molecule has 5 nitrogen and oxygen atoms in total. The second-order valence-corrected chi connectivity index (χ2v) is 3.81. The Kier molecular flexibility index (Phi) is 5.74. The Bertz CT molecular complexity index is 399. The number of hydrogen-bond acceptors (Lipinski definition) is 4. The lowest BCUT2D eigenvalue weighted by molar-refractivity contribution is 0.0693.